The Kier molecular flexibility index (Phi) is 5.82. The zero-order valence-electron chi connectivity index (χ0n) is 15.7. The summed E-state index contributed by atoms with van der Waals surface area (Å²) in [5, 5.41) is 11.9. The van der Waals surface area contributed by atoms with Gasteiger partial charge in [0, 0.05) is 13.1 Å². The van der Waals surface area contributed by atoms with Gasteiger partial charge in [0.05, 0.1) is 11.1 Å². The fraction of sp³-hybridized carbons (Fsp3) is 0.556. The lowest BCUT2D eigenvalue weighted by molar-refractivity contribution is -0.140. The van der Waals surface area contributed by atoms with E-state index in [0.717, 1.165) is 11.0 Å². The minimum Gasteiger partial charge on any atom is -0.465 e. The van der Waals surface area contributed by atoms with Gasteiger partial charge in [-0.25, -0.2) is 14.0 Å². The summed E-state index contributed by atoms with van der Waals surface area (Å²) in [6.45, 7) is 4.76. The maximum Gasteiger partial charge on any atom is 0.419 e. The molecule has 0 heterocycles. The minimum absolute atomic E-state index is 0.0703. The van der Waals surface area contributed by atoms with Gasteiger partial charge < -0.3 is 15.2 Å². The Balaban J connectivity index is 2.16. The lowest BCUT2D eigenvalue weighted by Crippen LogP contribution is -2.45. The average molecular weight is 406 g/mol. The van der Waals surface area contributed by atoms with Crippen LogP contribution in [0.2, 0.25) is 0 Å². The van der Waals surface area contributed by atoms with Crippen molar-refractivity contribution >= 4 is 12.2 Å². The molecule has 1 aliphatic carbocycles. The number of benzene rings is 1. The SMILES string of the molecule is CC(C)(C)OC(=O)NCCN(C(=O)O)C1(c2ccc(F)c(C(F)(F)F)c2)CC1. The Bertz CT molecular complexity index is 755. The molecule has 6 nitrogen and oxygen atoms in total. The van der Waals surface area contributed by atoms with Gasteiger partial charge in [0.25, 0.3) is 0 Å². The molecule has 0 aromatic heterocycles. The van der Waals surface area contributed by atoms with Gasteiger partial charge in [-0.15, -0.1) is 0 Å². The van der Waals surface area contributed by atoms with Crippen LogP contribution in [0.15, 0.2) is 18.2 Å². The standard InChI is InChI=1S/C18H22F4N2O4/c1-16(2,3)28-14(25)23-8-9-24(15(26)27)17(6-7-17)11-4-5-13(19)12(10-11)18(20,21)22/h4-5,10H,6-9H2,1-3H3,(H,23,25)(H,26,27). The Morgan fingerprint density at radius 1 is 1.25 bits per heavy atom. The highest BCUT2D eigenvalue weighted by atomic mass is 19.4. The number of carbonyl (C=O) groups is 2. The molecule has 1 fully saturated rings. The summed E-state index contributed by atoms with van der Waals surface area (Å²) in [6.07, 6.45) is -6.36. The topological polar surface area (TPSA) is 78.9 Å². The largest absolute Gasteiger partial charge is 0.465 e. The maximum absolute atomic E-state index is 13.5. The van der Waals surface area contributed by atoms with Crippen molar-refractivity contribution < 1.29 is 37.0 Å². The van der Waals surface area contributed by atoms with E-state index in [9.17, 15) is 32.3 Å². The predicted molar refractivity (Wildman–Crippen MR) is 91.3 cm³/mol. The van der Waals surface area contributed by atoms with Crippen molar-refractivity contribution in [1.82, 2.24) is 10.2 Å². The molecule has 0 aliphatic heterocycles. The zero-order valence-corrected chi connectivity index (χ0v) is 15.7. The predicted octanol–water partition coefficient (Wildman–Crippen LogP) is 4.34. The van der Waals surface area contributed by atoms with Crippen LogP contribution >= 0.6 is 0 Å². The highest BCUT2D eigenvalue weighted by Gasteiger charge is 2.52. The first-order valence-corrected chi connectivity index (χ1v) is 8.61. The van der Waals surface area contributed by atoms with Crippen molar-refractivity contribution in [2.45, 2.75) is 50.9 Å². The molecule has 2 amide bonds. The number of ether oxygens (including phenoxy) is 1. The van der Waals surface area contributed by atoms with Crippen LogP contribution in [0, 0.1) is 5.82 Å². The molecule has 0 saturated heterocycles. The second-order valence-corrected chi connectivity index (χ2v) is 7.59. The molecular weight excluding hydrogens is 384 g/mol. The molecule has 1 aliphatic rings. The summed E-state index contributed by atoms with van der Waals surface area (Å²) in [5.41, 5.74) is -3.26. The minimum atomic E-state index is -4.89. The van der Waals surface area contributed by atoms with E-state index in [-0.39, 0.29) is 18.7 Å². The van der Waals surface area contributed by atoms with Crippen molar-refractivity contribution in [2.75, 3.05) is 13.1 Å². The molecule has 0 unspecified atom stereocenters. The zero-order chi connectivity index (χ0) is 21.3. The number of carbonyl (C=O) groups excluding carboxylic acids is 1. The molecule has 2 rings (SSSR count). The van der Waals surface area contributed by atoms with Crippen molar-refractivity contribution in [3.63, 3.8) is 0 Å². The van der Waals surface area contributed by atoms with Crippen LogP contribution in [0.1, 0.15) is 44.7 Å². The number of hydrogen-bond donors (Lipinski definition) is 2. The number of nitrogens with one attached hydrogen (secondary N) is 1. The number of amides is 2. The second kappa shape index (κ2) is 7.48. The summed E-state index contributed by atoms with van der Waals surface area (Å²) >= 11 is 0. The summed E-state index contributed by atoms with van der Waals surface area (Å²) < 4.78 is 57.6. The molecule has 2 N–H and O–H groups in total. The van der Waals surface area contributed by atoms with Crippen LogP contribution in [0.5, 0.6) is 0 Å². The van der Waals surface area contributed by atoms with E-state index in [0.29, 0.717) is 25.0 Å². The van der Waals surface area contributed by atoms with Crippen molar-refractivity contribution in [3.8, 4) is 0 Å². The van der Waals surface area contributed by atoms with E-state index in [1.54, 1.807) is 20.8 Å². The van der Waals surface area contributed by atoms with E-state index in [1.165, 1.54) is 0 Å². The Morgan fingerprint density at radius 2 is 1.86 bits per heavy atom. The first-order chi connectivity index (χ1) is 12.8. The van der Waals surface area contributed by atoms with Gasteiger partial charge in [0.1, 0.15) is 11.4 Å². The second-order valence-electron chi connectivity index (χ2n) is 7.59. The molecule has 0 radical (unpaired) electrons. The van der Waals surface area contributed by atoms with E-state index >= 15 is 0 Å². The number of carboxylic acid groups (broad SMARTS) is 1. The molecular formula is C18H22F4N2O4. The number of rotatable bonds is 5. The Labute approximate surface area is 159 Å². The smallest absolute Gasteiger partial charge is 0.419 e. The van der Waals surface area contributed by atoms with Crippen molar-refractivity contribution in [2.24, 2.45) is 0 Å². The van der Waals surface area contributed by atoms with Gasteiger partial charge in [-0.3, -0.25) is 4.90 Å². The third-order valence-corrected chi connectivity index (χ3v) is 4.28. The molecule has 1 aromatic carbocycles. The maximum atomic E-state index is 13.5. The van der Waals surface area contributed by atoms with Gasteiger partial charge in [-0.1, -0.05) is 6.07 Å². The Hall–Kier alpha value is -2.52. The third-order valence-electron chi connectivity index (χ3n) is 4.28. The van der Waals surface area contributed by atoms with Crippen LogP contribution in [0.25, 0.3) is 0 Å². The van der Waals surface area contributed by atoms with Gasteiger partial charge in [-0.2, -0.15) is 13.2 Å². The van der Waals surface area contributed by atoms with Crippen LogP contribution in [0.3, 0.4) is 0 Å². The highest BCUT2D eigenvalue weighted by Crippen LogP contribution is 2.52. The summed E-state index contributed by atoms with van der Waals surface area (Å²) in [5.74, 6) is -1.42. The van der Waals surface area contributed by atoms with Gasteiger partial charge in [-0.05, 0) is 51.3 Å². The van der Waals surface area contributed by atoms with Gasteiger partial charge in [0.15, 0.2) is 0 Å². The number of hydrogen-bond acceptors (Lipinski definition) is 3. The van der Waals surface area contributed by atoms with Crippen LogP contribution in [0.4, 0.5) is 27.2 Å². The van der Waals surface area contributed by atoms with E-state index in [4.69, 9.17) is 4.74 Å². The first kappa shape index (κ1) is 21.8. The van der Waals surface area contributed by atoms with Crippen molar-refractivity contribution in [1.29, 1.82) is 0 Å². The molecule has 1 saturated carbocycles. The van der Waals surface area contributed by atoms with E-state index in [2.05, 4.69) is 5.32 Å². The monoisotopic (exact) mass is 406 g/mol. The Morgan fingerprint density at radius 3 is 2.32 bits per heavy atom. The molecule has 156 valence electrons. The molecule has 0 spiro atoms. The summed E-state index contributed by atoms with van der Waals surface area (Å²) in [6, 6.07) is 2.51. The lowest BCUT2D eigenvalue weighted by Gasteiger charge is -2.30. The van der Waals surface area contributed by atoms with Crippen molar-refractivity contribution in [3.05, 3.63) is 35.1 Å². The number of halogens is 4. The van der Waals surface area contributed by atoms with E-state index < -0.39 is 40.9 Å². The highest BCUT2D eigenvalue weighted by molar-refractivity contribution is 5.69. The van der Waals surface area contributed by atoms with Gasteiger partial charge >= 0.3 is 18.4 Å². The number of alkyl carbamates (subject to hydrolysis) is 1. The molecule has 0 atom stereocenters. The quantitative estimate of drug-likeness (QED) is 0.713. The van der Waals surface area contributed by atoms with Crippen LogP contribution in [-0.2, 0) is 16.5 Å². The van der Waals surface area contributed by atoms with Crippen LogP contribution in [-0.4, -0.2) is 40.9 Å². The van der Waals surface area contributed by atoms with Gasteiger partial charge in [0.2, 0.25) is 0 Å². The van der Waals surface area contributed by atoms with Crippen LogP contribution < -0.4 is 5.32 Å². The molecule has 0 bridgehead atoms. The van der Waals surface area contributed by atoms with E-state index in [1.807, 2.05) is 0 Å². The lowest BCUT2D eigenvalue weighted by atomic mass is 9.99. The first-order valence-electron chi connectivity index (χ1n) is 8.61. The molecule has 28 heavy (non-hydrogen) atoms. The number of alkyl halides is 3. The third kappa shape index (κ3) is 5.05. The summed E-state index contributed by atoms with van der Waals surface area (Å²) in [7, 11) is 0. The number of nitrogens with zero attached hydrogens (tertiary/aromatic N) is 1. The summed E-state index contributed by atoms with van der Waals surface area (Å²) in [4.78, 5) is 24.3. The fourth-order valence-electron chi connectivity index (χ4n) is 2.94. The molecule has 1 aromatic rings. The normalized spacial score (nSPS) is 15.7. The molecule has 10 heteroatoms. The average Bonchev–Trinajstić information content (AvgIpc) is 3.30. The fourth-order valence-corrected chi connectivity index (χ4v) is 2.94.